The van der Waals surface area contributed by atoms with Crippen molar-refractivity contribution in [1.29, 1.82) is 0 Å². The Kier molecular flexibility index (Phi) is 4.85. The second kappa shape index (κ2) is 5.93. The molecule has 6 heteroatoms. The zero-order valence-electron chi connectivity index (χ0n) is 8.69. The molecule has 90 valence electrons. The number of benzene rings is 1. The molecule has 0 saturated heterocycles. The van der Waals surface area contributed by atoms with Gasteiger partial charge in [-0.2, -0.15) is 0 Å². The Hall–Kier alpha value is -0.980. The van der Waals surface area contributed by atoms with Gasteiger partial charge in [-0.3, -0.25) is 0 Å². The van der Waals surface area contributed by atoms with Crippen molar-refractivity contribution in [3.63, 3.8) is 0 Å². The molecule has 1 rings (SSSR count). The van der Waals surface area contributed by atoms with Crippen molar-refractivity contribution in [1.82, 2.24) is 4.72 Å². The van der Waals surface area contributed by atoms with Crippen molar-refractivity contribution in [2.45, 2.75) is 17.7 Å². The van der Waals surface area contributed by atoms with Crippen molar-refractivity contribution < 1.29 is 17.9 Å². The quantitative estimate of drug-likeness (QED) is 0.733. The molecule has 0 aromatic heterocycles. The molecular weight excluding hydrogens is 233 g/mol. The zero-order chi connectivity index (χ0) is 12.0. The van der Waals surface area contributed by atoms with Gasteiger partial charge in [0, 0.05) is 13.2 Å². The molecule has 0 amide bonds. The molecule has 0 radical (unpaired) electrons. The van der Waals surface area contributed by atoms with E-state index in [1.807, 2.05) is 0 Å². The summed E-state index contributed by atoms with van der Waals surface area (Å²) in [5, 5.41) is 8.52. The molecule has 0 fully saturated rings. The number of hydrogen-bond donors (Lipinski definition) is 2. The second-order valence-electron chi connectivity index (χ2n) is 3.26. The Morgan fingerprint density at radius 2 is 1.94 bits per heavy atom. The maximum absolute atomic E-state index is 13.2. The summed E-state index contributed by atoms with van der Waals surface area (Å²) in [5.74, 6) is -0.767. The highest BCUT2D eigenvalue weighted by Gasteiger charge is 2.17. The molecule has 0 heterocycles. The summed E-state index contributed by atoms with van der Waals surface area (Å²) in [6.45, 7) is 0.207. The Morgan fingerprint density at radius 3 is 2.56 bits per heavy atom. The number of halogens is 1. The molecule has 0 unspecified atom stereocenters. The first-order chi connectivity index (χ1) is 7.58. The third kappa shape index (κ3) is 3.55. The fourth-order valence-electron chi connectivity index (χ4n) is 1.18. The lowest BCUT2D eigenvalue weighted by Gasteiger charge is -2.06. The number of rotatable bonds is 6. The summed E-state index contributed by atoms with van der Waals surface area (Å²) in [5.41, 5.74) is 0. The zero-order valence-corrected chi connectivity index (χ0v) is 9.50. The van der Waals surface area contributed by atoms with Gasteiger partial charge in [-0.15, -0.1) is 0 Å². The van der Waals surface area contributed by atoms with Crippen LogP contribution >= 0.6 is 0 Å². The van der Waals surface area contributed by atoms with E-state index in [0.29, 0.717) is 12.8 Å². The molecule has 0 aliphatic carbocycles. The minimum Gasteiger partial charge on any atom is -0.396 e. The summed E-state index contributed by atoms with van der Waals surface area (Å²) in [6, 6.07) is 5.21. The summed E-state index contributed by atoms with van der Waals surface area (Å²) >= 11 is 0. The summed E-state index contributed by atoms with van der Waals surface area (Å²) < 4.78 is 38.7. The molecule has 16 heavy (non-hydrogen) atoms. The van der Waals surface area contributed by atoms with Crippen molar-refractivity contribution in [3.05, 3.63) is 30.1 Å². The average Bonchev–Trinajstić information content (AvgIpc) is 2.25. The molecule has 0 atom stereocenters. The predicted molar refractivity (Wildman–Crippen MR) is 57.9 cm³/mol. The number of hydrogen-bond acceptors (Lipinski definition) is 3. The molecule has 1 aromatic rings. The van der Waals surface area contributed by atoms with E-state index in [9.17, 15) is 12.8 Å². The summed E-state index contributed by atoms with van der Waals surface area (Å²) in [6.07, 6.45) is 1.03. The number of aliphatic hydroxyl groups excluding tert-OH is 1. The van der Waals surface area contributed by atoms with Crippen LogP contribution in [-0.4, -0.2) is 26.7 Å². The number of nitrogens with one attached hydrogen (secondary N) is 1. The third-order valence-electron chi connectivity index (χ3n) is 2.00. The lowest BCUT2D eigenvalue weighted by atomic mass is 10.3. The Balaban J connectivity index is 2.68. The number of unbranched alkanes of at least 4 members (excludes halogenated alkanes) is 1. The van der Waals surface area contributed by atoms with E-state index in [1.54, 1.807) is 0 Å². The Labute approximate surface area is 94.2 Å². The van der Waals surface area contributed by atoms with E-state index in [4.69, 9.17) is 5.11 Å². The third-order valence-corrected chi connectivity index (χ3v) is 3.50. The van der Waals surface area contributed by atoms with Crippen LogP contribution in [0.25, 0.3) is 0 Å². The highest BCUT2D eigenvalue weighted by Crippen LogP contribution is 2.12. The number of aliphatic hydroxyl groups is 1. The highest BCUT2D eigenvalue weighted by molar-refractivity contribution is 7.89. The van der Waals surface area contributed by atoms with Crippen LogP contribution in [0.15, 0.2) is 29.2 Å². The van der Waals surface area contributed by atoms with E-state index in [2.05, 4.69) is 4.72 Å². The van der Waals surface area contributed by atoms with Crippen LogP contribution in [0.3, 0.4) is 0 Å². The molecule has 2 N–H and O–H groups in total. The van der Waals surface area contributed by atoms with E-state index < -0.39 is 15.8 Å². The molecule has 0 saturated carbocycles. The number of sulfonamides is 1. The molecule has 0 bridgehead atoms. The van der Waals surface area contributed by atoms with Gasteiger partial charge < -0.3 is 5.11 Å². The van der Waals surface area contributed by atoms with Crippen LogP contribution in [0.2, 0.25) is 0 Å². The first kappa shape index (κ1) is 13.1. The molecule has 0 aliphatic heterocycles. The van der Waals surface area contributed by atoms with E-state index in [-0.39, 0.29) is 18.0 Å². The van der Waals surface area contributed by atoms with Crippen LogP contribution in [0.4, 0.5) is 4.39 Å². The van der Waals surface area contributed by atoms with Gasteiger partial charge >= 0.3 is 0 Å². The lowest BCUT2D eigenvalue weighted by molar-refractivity contribution is 0.285. The van der Waals surface area contributed by atoms with Crippen LogP contribution in [-0.2, 0) is 10.0 Å². The summed E-state index contributed by atoms with van der Waals surface area (Å²) in [4.78, 5) is -0.348. The largest absolute Gasteiger partial charge is 0.396 e. The van der Waals surface area contributed by atoms with Crippen molar-refractivity contribution in [2.75, 3.05) is 13.2 Å². The first-order valence-corrected chi connectivity index (χ1v) is 6.41. The maximum atomic E-state index is 13.2. The van der Waals surface area contributed by atoms with Crippen molar-refractivity contribution >= 4 is 10.0 Å². The Bertz CT molecular complexity index is 433. The molecule has 4 nitrogen and oxygen atoms in total. The van der Waals surface area contributed by atoms with Gasteiger partial charge in [0.1, 0.15) is 10.7 Å². The van der Waals surface area contributed by atoms with E-state index >= 15 is 0 Å². The maximum Gasteiger partial charge on any atom is 0.243 e. The van der Waals surface area contributed by atoms with Crippen LogP contribution < -0.4 is 4.72 Å². The van der Waals surface area contributed by atoms with Gasteiger partial charge in [-0.1, -0.05) is 12.1 Å². The van der Waals surface area contributed by atoms with Crippen molar-refractivity contribution in [3.8, 4) is 0 Å². The normalized spacial score (nSPS) is 11.6. The van der Waals surface area contributed by atoms with Crippen LogP contribution in [0.1, 0.15) is 12.8 Å². The van der Waals surface area contributed by atoms with E-state index in [0.717, 1.165) is 6.07 Å². The molecule has 1 aromatic carbocycles. The van der Waals surface area contributed by atoms with Gasteiger partial charge in [-0.25, -0.2) is 17.5 Å². The van der Waals surface area contributed by atoms with Gasteiger partial charge in [0.15, 0.2) is 0 Å². The molecule has 0 aliphatic rings. The Morgan fingerprint density at radius 1 is 1.25 bits per heavy atom. The fraction of sp³-hybridized carbons (Fsp3) is 0.400. The topological polar surface area (TPSA) is 66.4 Å². The monoisotopic (exact) mass is 247 g/mol. The minimum absolute atomic E-state index is 0.0153. The van der Waals surface area contributed by atoms with Crippen LogP contribution in [0.5, 0.6) is 0 Å². The minimum atomic E-state index is -3.78. The van der Waals surface area contributed by atoms with Gasteiger partial charge in [0.05, 0.1) is 0 Å². The fourth-order valence-corrected chi connectivity index (χ4v) is 2.33. The first-order valence-electron chi connectivity index (χ1n) is 4.93. The average molecular weight is 247 g/mol. The van der Waals surface area contributed by atoms with E-state index in [1.165, 1.54) is 18.2 Å². The lowest BCUT2D eigenvalue weighted by Crippen LogP contribution is -2.25. The standard InChI is InChI=1S/C10H14FNO3S/c11-9-5-1-2-6-10(9)16(14,15)12-7-3-4-8-13/h1-2,5-6,12-13H,3-4,7-8H2. The SMILES string of the molecule is O=S(=O)(NCCCCO)c1ccccc1F. The molecular formula is C10H14FNO3S. The smallest absolute Gasteiger partial charge is 0.243 e. The molecule has 0 spiro atoms. The van der Waals surface area contributed by atoms with Crippen molar-refractivity contribution in [2.24, 2.45) is 0 Å². The summed E-state index contributed by atoms with van der Waals surface area (Å²) in [7, 11) is -3.78. The van der Waals surface area contributed by atoms with Gasteiger partial charge in [-0.05, 0) is 25.0 Å². The highest BCUT2D eigenvalue weighted by atomic mass is 32.2. The second-order valence-corrected chi connectivity index (χ2v) is 4.99. The predicted octanol–water partition coefficient (Wildman–Crippen LogP) is 0.876. The van der Waals surface area contributed by atoms with Crippen LogP contribution in [0, 0.1) is 5.82 Å². The van der Waals surface area contributed by atoms with Gasteiger partial charge in [0.2, 0.25) is 10.0 Å². The van der Waals surface area contributed by atoms with Gasteiger partial charge in [0.25, 0.3) is 0 Å².